The third-order valence-electron chi connectivity index (χ3n) is 6.22. The van der Waals surface area contributed by atoms with E-state index in [-0.39, 0.29) is 17.6 Å². The van der Waals surface area contributed by atoms with E-state index in [4.69, 9.17) is 4.42 Å². The van der Waals surface area contributed by atoms with Crippen LogP contribution in [0, 0.1) is 6.92 Å². The predicted octanol–water partition coefficient (Wildman–Crippen LogP) is 5.91. The Bertz CT molecular complexity index is 1320. The highest BCUT2D eigenvalue weighted by Gasteiger charge is 2.27. The summed E-state index contributed by atoms with van der Waals surface area (Å²) in [6.07, 6.45) is 4.75. The number of hydrogen-bond donors (Lipinski definition) is 2. The number of anilines is 1. The predicted molar refractivity (Wildman–Crippen MR) is 132 cm³/mol. The van der Waals surface area contributed by atoms with Crippen molar-refractivity contribution < 1.29 is 14.0 Å². The Kier molecular flexibility index (Phi) is 6.01. The van der Waals surface area contributed by atoms with E-state index >= 15 is 0 Å². The van der Waals surface area contributed by atoms with Crippen LogP contribution in [0.4, 0.5) is 5.00 Å². The zero-order valence-electron chi connectivity index (χ0n) is 18.6. The topological polar surface area (TPSA) is 71.3 Å². The van der Waals surface area contributed by atoms with E-state index < -0.39 is 0 Å². The van der Waals surface area contributed by atoms with E-state index in [1.165, 1.54) is 21.8 Å². The Morgan fingerprint density at radius 3 is 2.55 bits per heavy atom. The molecule has 0 bridgehead atoms. The van der Waals surface area contributed by atoms with Crippen LogP contribution >= 0.6 is 11.3 Å². The molecule has 0 aliphatic heterocycles. The maximum absolute atomic E-state index is 13.2. The molecule has 5 rings (SSSR count). The largest absolute Gasteiger partial charge is 0.451 e. The minimum absolute atomic E-state index is 0.123. The van der Waals surface area contributed by atoms with Crippen LogP contribution in [0.15, 0.2) is 59.0 Å². The molecule has 0 atom stereocenters. The van der Waals surface area contributed by atoms with E-state index in [1.807, 2.05) is 49.4 Å². The van der Waals surface area contributed by atoms with Crippen molar-refractivity contribution in [3.8, 4) is 0 Å². The second-order valence-corrected chi connectivity index (χ2v) is 9.52. The smallest absolute Gasteiger partial charge is 0.292 e. The minimum Gasteiger partial charge on any atom is -0.451 e. The zero-order chi connectivity index (χ0) is 22.8. The van der Waals surface area contributed by atoms with E-state index in [0.717, 1.165) is 48.6 Å². The van der Waals surface area contributed by atoms with Crippen LogP contribution in [-0.4, -0.2) is 18.4 Å². The second-order valence-electron chi connectivity index (χ2n) is 8.41. The number of hydrogen-bond acceptors (Lipinski definition) is 4. The molecular formula is C27H26N2O3S. The monoisotopic (exact) mass is 458 g/mol. The summed E-state index contributed by atoms with van der Waals surface area (Å²) in [5, 5.41) is 7.60. The number of benzene rings is 2. The molecule has 0 spiro atoms. The van der Waals surface area contributed by atoms with Gasteiger partial charge in [0.25, 0.3) is 11.8 Å². The van der Waals surface area contributed by atoms with Gasteiger partial charge < -0.3 is 15.1 Å². The van der Waals surface area contributed by atoms with Gasteiger partial charge in [0.05, 0.1) is 5.56 Å². The molecule has 2 N–H and O–H groups in total. The molecular weight excluding hydrogens is 432 g/mol. The van der Waals surface area contributed by atoms with Crippen molar-refractivity contribution in [1.82, 2.24) is 5.32 Å². The van der Waals surface area contributed by atoms with Gasteiger partial charge in [0.15, 0.2) is 5.76 Å². The standard InChI is InChI=1S/C27H26N2O3S/c1-17-19-11-5-7-13-21(19)32-24(17)26(31)29-27-23(20-12-6-8-14-22(20)33-27)25(30)28-16-15-18-9-3-2-4-10-18/h2-5,7,9-11,13H,6,8,12,14-16H2,1H3,(H,28,30)(H,29,31). The molecule has 0 saturated carbocycles. The summed E-state index contributed by atoms with van der Waals surface area (Å²) in [7, 11) is 0. The van der Waals surface area contributed by atoms with Gasteiger partial charge in [-0.15, -0.1) is 11.3 Å². The van der Waals surface area contributed by atoms with E-state index in [2.05, 4.69) is 22.8 Å². The molecule has 0 unspecified atom stereocenters. The number of thiophene rings is 1. The summed E-state index contributed by atoms with van der Waals surface area (Å²) in [5.41, 5.74) is 4.37. The van der Waals surface area contributed by atoms with E-state index in [0.29, 0.717) is 22.7 Å². The first-order valence-corrected chi connectivity index (χ1v) is 12.2. The Morgan fingerprint density at radius 1 is 0.970 bits per heavy atom. The third-order valence-corrected chi connectivity index (χ3v) is 7.42. The van der Waals surface area contributed by atoms with Gasteiger partial charge in [-0.2, -0.15) is 0 Å². The van der Waals surface area contributed by atoms with Crippen LogP contribution in [0.5, 0.6) is 0 Å². The summed E-state index contributed by atoms with van der Waals surface area (Å²) in [5.74, 6) is -0.152. The molecule has 4 aromatic rings. The maximum atomic E-state index is 13.2. The highest BCUT2D eigenvalue weighted by atomic mass is 32.1. The summed E-state index contributed by atoms with van der Waals surface area (Å²) in [4.78, 5) is 27.6. The van der Waals surface area contributed by atoms with Crippen LogP contribution in [-0.2, 0) is 19.3 Å². The highest BCUT2D eigenvalue weighted by molar-refractivity contribution is 7.17. The molecule has 1 aliphatic rings. The van der Waals surface area contributed by atoms with Crippen molar-refractivity contribution in [1.29, 1.82) is 0 Å². The fourth-order valence-electron chi connectivity index (χ4n) is 4.50. The minimum atomic E-state index is -0.319. The summed E-state index contributed by atoms with van der Waals surface area (Å²) in [6.45, 7) is 2.43. The Morgan fingerprint density at radius 2 is 1.73 bits per heavy atom. The van der Waals surface area contributed by atoms with Gasteiger partial charge in [-0.25, -0.2) is 0 Å². The normalized spacial score (nSPS) is 13.0. The average Bonchev–Trinajstić information content (AvgIpc) is 3.37. The number of rotatable bonds is 6. The molecule has 2 amide bonds. The molecule has 168 valence electrons. The number of aryl methyl sites for hydroxylation is 2. The van der Waals surface area contributed by atoms with Gasteiger partial charge in [-0.3, -0.25) is 9.59 Å². The van der Waals surface area contributed by atoms with Crippen molar-refractivity contribution in [2.45, 2.75) is 39.0 Å². The van der Waals surface area contributed by atoms with Crippen molar-refractivity contribution in [3.05, 3.63) is 87.5 Å². The number of fused-ring (bicyclic) bond motifs is 2. The molecule has 33 heavy (non-hydrogen) atoms. The van der Waals surface area contributed by atoms with Gasteiger partial charge in [0.2, 0.25) is 0 Å². The Hall–Kier alpha value is -3.38. The molecule has 0 saturated heterocycles. The molecule has 2 aromatic carbocycles. The van der Waals surface area contributed by atoms with Crippen LogP contribution in [0.2, 0.25) is 0 Å². The second kappa shape index (κ2) is 9.24. The summed E-state index contributed by atoms with van der Waals surface area (Å²) in [6, 6.07) is 17.7. The number of furan rings is 1. The lowest BCUT2D eigenvalue weighted by atomic mass is 9.95. The lowest BCUT2D eigenvalue weighted by Crippen LogP contribution is -2.27. The van der Waals surface area contributed by atoms with E-state index in [1.54, 1.807) is 0 Å². The first kappa shape index (κ1) is 21.5. The van der Waals surface area contributed by atoms with Gasteiger partial charge in [0.1, 0.15) is 10.6 Å². The SMILES string of the molecule is Cc1c(C(=O)Nc2sc3c(c2C(=O)NCCc2ccccc2)CCCC3)oc2ccccc12. The Labute approximate surface area is 196 Å². The van der Waals surface area contributed by atoms with Gasteiger partial charge in [-0.1, -0.05) is 48.5 Å². The number of nitrogens with one attached hydrogen (secondary N) is 2. The lowest BCUT2D eigenvalue weighted by Gasteiger charge is -2.13. The van der Waals surface area contributed by atoms with Crippen LogP contribution < -0.4 is 10.6 Å². The van der Waals surface area contributed by atoms with Crippen LogP contribution in [0.25, 0.3) is 11.0 Å². The fourth-order valence-corrected chi connectivity index (χ4v) is 5.78. The average molecular weight is 459 g/mol. The number of para-hydroxylation sites is 1. The third kappa shape index (κ3) is 4.31. The van der Waals surface area contributed by atoms with Gasteiger partial charge >= 0.3 is 0 Å². The van der Waals surface area contributed by atoms with Crippen molar-refractivity contribution in [2.24, 2.45) is 0 Å². The molecule has 6 heteroatoms. The fraction of sp³-hybridized carbons (Fsp3) is 0.259. The first-order valence-electron chi connectivity index (χ1n) is 11.4. The van der Waals surface area contributed by atoms with Gasteiger partial charge in [-0.05, 0) is 56.2 Å². The number of carbonyl (C=O) groups is 2. The molecule has 0 radical (unpaired) electrons. The number of carbonyl (C=O) groups excluding carboxylic acids is 2. The maximum Gasteiger partial charge on any atom is 0.292 e. The van der Waals surface area contributed by atoms with Crippen LogP contribution in [0.3, 0.4) is 0 Å². The Balaban J connectivity index is 1.39. The molecule has 2 aromatic heterocycles. The highest BCUT2D eigenvalue weighted by Crippen LogP contribution is 2.38. The quantitative estimate of drug-likeness (QED) is 0.377. The molecule has 0 fully saturated rings. The van der Waals surface area contributed by atoms with Crippen molar-refractivity contribution in [2.75, 3.05) is 11.9 Å². The van der Waals surface area contributed by atoms with Crippen LogP contribution in [0.1, 0.15) is 55.3 Å². The zero-order valence-corrected chi connectivity index (χ0v) is 19.4. The summed E-state index contributed by atoms with van der Waals surface area (Å²) < 4.78 is 5.84. The number of amides is 2. The van der Waals surface area contributed by atoms with Crippen molar-refractivity contribution >= 4 is 39.1 Å². The van der Waals surface area contributed by atoms with E-state index in [9.17, 15) is 9.59 Å². The first-order chi connectivity index (χ1) is 16.1. The van der Waals surface area contributed by atoms with Crippen molar-refractivity contribution in [3.63, 3.8) is 0 Å². The molecule has 5 nitrogen and oxygen atoms in total. The molecule has 2 heterocycles. The van der Waals surface area contributed by atoms with Gasteiger partial charge in [0, 0.05) is 22.4 Å². The summed E-state index contributed by atoms with van der Waals surface area (Å²) >= 11 is 1.52. The lowest BCUT2D eigenvalue weighted by molar-refractivity contribution is 0.0954. The molecule has 1 aliphatic carbocycles.